The minimum absolute atomic E-state index is 0.450. The van der Waals surface area contributed by atoms with Crippen LogP contribution in [0.5, 0.6) is 0 Å². The van der Waals surface area contributed by atoms with Crippen LogP contribution in [0.1, 0.15) is 53.9 Å². The van der Waals surface area contributed by atoms with Crippen molar-refractivity contribution >= 4 is 11.3 Å². The Bertz CT molecular complexity index is 587. The first kappa shape index (κ1) is 11.6. The molecule has 0 N–H and O–H groups in total. The van der Waals surface area contributed by atoms with Gasteiger partial charge < -0.3 is 4.42 Å². The largest absolute Gasteiger partial charge is 0.424 e. The molecule has 2 aromatic heterocycles. The van der Waals surface area contributed by atoms with Crippen molar-refractivity contribution in [2.75, 3.05) is 6.54 Å². The van der Waals surface area contributed by atoms with Gasteiger partial charge in [-0.3, -0.25) is 4.90 Å². The fourth-order valence-corrected chi connectivity index (χ4v) is 3.74. The Kier molecular flexibility index (Phi) is 2.70. The fourth-order valence-electron chi connectivity index (χ4n) is 2.78. The van der Waals surface area contributed by atoms with Crippen LogP contribution in [0.4, 0.5) is 0 Å². The molecule has 1 fully saturated rings. The Balaban J connectivity index is 1.50. The SMILES string of the molecule is CC1c2ccsc2CCN1Cc1nnc(C2CC2)o1. The number of rotatable bonds is 3. The molecule has 1 saturated carbocycles. The molecule has 4 rings (SSSR count). The van der Waals surface area contributed by atoms with Gasteiger partial charge in [-0.2, -0.15) is 0 Å². The molecule has 0 amide bonds. The van der Waals surface area contributed by atoms with Crippen molar-refractivity contribution < 1.29 is 4.42 Å². The van der Waals surface area contributed by atoms with Gasteiger partial charge in [0.05, 0.1) is 6.54 Å². The van der Waals surface area contributed by atoms with Crippen molar-refractivity contribution in [1.82, 2.24) is 15.1 Å². The maximum atomic E-state index is 5.77. The third kappa shape index (κ3) is 2.11. The molecule has 4 nitrogen and oxygen atoms in total. The quantitative estimate of drug-likeness (QED) is 0.863. The zero-order valence-corrected chi connectivity index (χ0v) is 11.8. The summed E-state index contributed by atoms with van der Waals surface area (Å²) in [5, 5.41) is 10.6. The van der Waals surface area contributed by atoms with E-state index in [-0.39, 0.29) is 0 Å². The number of nitrogens with zero attached hydrogens (tertiary/aromatic N) is 3. The molecule has 0 radical (unpaired) electrons. The van der Waals surface area contributed by atoms with Crippen LogP contribution in [0.15, 0.2) is 15.9 Å². The molecule has 100 valence electrons. The highest BCUT2D eigenvalue weighted by atomic mass is 32.1. The molecular weight excluding hydrogens is 258 g/mol. The van der Waals surface area contributed by atoms with Gasteiger partial charge >= 0.3 is 0 Å². The van der Waals surface area contributed by atoms with E-state index < -0.39 is 0 Å². The lowest BCUT2D eigenvalue weighted by Gasteiger charge is -2.32. The Labute approximate surface area is 116 Å². The van der Waals surface area contributed by atoms with E-state index in [0.29, 0.717) is 12.0 Å². The molecule has 2 aliphatic rings. The average molecular weight is 275 g/mol. The van der Waals surface area contributed by atoms with Crippen molar-refractivity contribution in [2.45, 2.75) is 44.7 Å². The molecule has 0 bridgehead atoms. The van der Waals surface area contributed by atoms with Gasteiger partial charge in [0.25, 0.3) is 0 Å². The summed E-state index contributed by atoms with van der Waals surface area (Å²) in [5.74, 6) is 2.16. The van der Waals surface area contributed by atoms with Crippen LogP contribution in [-0.4, -0.2) is 21.6 Å². The molecule has 1 aliphatic carbocycles. The lowest BCUT2D eigenvalue weighted by molar-refractivity contribution is 0.172. The predicted molar refractivity (Wildman–Crippen MR) is 73.1 cm³/mol. The molecule has 0 aromatic carbocycles. The highest BCUT2D eigenvalue weighted by Gasteiger charge is 2.30. The Hall–Kier alpha value is -1.20. The Morgan fingerprint density at radius 1 is 1.42 bits per heavy atom. The van der Waals surface area contributed by atoms with Gasteiger partial charge in [0, 0.05) is 23.4 Å². The zero-order chi connectivity index (χ0) is 12.8. The highest BCUT2D eigenvalue weighted by molar-refractivity contribution is 7.10. The maximum absolute atomic E-state index is 5.77. The molecule has 1 atom stereocenters. The first-order valence-electron chi connectivity index (χ1n) is 6.94. The van der Waals surface area contributed by atoms with Crippen molar-refractivity contribution in [2.24, 2.45) is 0 Å². The van der Waals surface area contributed by atoms with Crippen molar-refractivity contribution in [3.63, 3.8) is 0 Å². The number of aromatic nitrogens is 2. The summed E-state index contributed by atoms with van der Waals surface area (Å²) in [6.07, 6.45) is 3.56. The second-order valence-corrected chi connectivity index (χ2v) is 6.50. The van der Waals surface area contributed by atoms with Crippen LogP contribution in [0.3, 0.4) is 0 Å². The number of fused-ring (bicyclic) bond motifs is 1. The van der Waals surface area contributed by atoms with E-state index in [0.717, 1.165) is 31.3 Å². The van der Waals surface area contributed by atoms with E-state index in [4.69, 9.17) is 4.42 Å². The highest BCUT2D eigenvalue weighted by Crippen LogP contribution is 2.39. The molecule has 1 unspecified atom stereocenters. The van der Waals surface area contributed by atoms with Crippen LogP contribution in [0.25, 0.3) is 0 Å². The van der Waals surface area contributed by atoms with E-state index in [9.17, 15) is 0 Å². The van der Waals surface area contributed by atoms with E-state index in [2.05, 4.69) is 33.5 Å². The molecule has 0 spiro atoms. The third-order valence-corrected chi connectivity index (χ3v) is 5.15. The number of thiophene rings is 1. The lowest BCUT2D eigenvalue weighted by atomic mass is 10.0. The second kappa shape index (κ2) is 4.42. The first-order chi connectivity index (χ1) is 9.31. The molecule has 2 aromatic rings. The molecule has 19 heavy (non-hydrogen) atoms. The monoisotopic (exact) mass is 275 g/mol. The lowest BCUT2D eigenvalue weighted by Crippen LogP contribution is -2.32. The summed E-state index contributed by atoms with van der Waals surface area (Å²) in [5.41, 5.74) is 1.47. The average Bonchev–Trinajstić information content (AvgIpc) is 2.98. The molecule has 1 aliphatic heterocycles. The van der Waals surface area contributed by atoms with E-state index in [1.54, 1.807) is 0 Å². The molecule has 0 saturated heterocycles. The zero-order valence-electron chi connectivity index (χ0n) is 11.0. The number of hydrogen-bond donors (Lipinski definition) is 0. The minimum atomic E-state index is 0.450. The number of hydrogen-bond acceptors (Lipinski definition) is 5. The summed E-state index contributed by atoms with van der Waals surface area (Å²) < 4.78 is 5.77. The van der Waals surface area contributed by atoms with Gasteiger partial charge in [0.2, 0.25) is 11.8 Å². The van der Waals surface area contributed by atoms with Crippen LogP contribution < -0.4 is 0 Å². The van der Waals surface area contributed by atoms with Crippen molar-refractivity contribution in [1.29, 1.82) is 0 Å². The Morgan fingerprint density at radius 3 is 3.16 bits per heavy atom. The van der Waals surface area contributed by atoms with E-state index in [1.165, 1.54) is 23.3 Å². The van der Waals surface area contributed by atoms with Crippen LogP contribution in [0.2, 0.25) is 0 Å². The summed E-state index contributed by atoms with van der Waals surface area (Å²) in [7, 11) is 0. The van der Waals surface area contributed by atoms with Crippen molar-refractivity contribution in [3.8, 4) is 0 Å². The van der Waals surface area contributed by atoms with Crippen molar-refractivity contribution in [3.05, 3.63) is 33.7 Å². The second-order valence-electron chi connectivity index (χ2n) is 5.50. The predicted octanol–water partition coefficient (Wildman–Crippen LogP) is 3.13. The standard InChI is InChI=1S/C14H17N3OS/c1-9-11-5-7-19-12(11)4-6-17(9)8-13-15-16-14(18-13)10-2-3-10/h5,7,9-10H,2-4,6,8H2,1H3. The Morgan fingerprint density at radius 2 is 2.32 bits per heavy atom. The van der Waals surface area contributed by atoms with Gasteiger partial charge in [-0.1, -0.05) is 0 Å². The van der Waals surface area contributed by atoms with Gasteiger partial charge in [-0.15, -0.1) is 21.5 Å². The van der Waals surface area contributed by atoms with Gasteiger partial charge in [-0.05, 0) is 43.2 Å². The van der Waals surface area contributed by atoms with E-state index in [1.807, 2.05) is 11.3 Å². The summed E-state index contributed by atoms with van der Waals surface area (Å²) in [6, 6.07) is 2.70. The summed E-state index contributed by atoms with van der Waals surface area (Å²) >= 11 is 1.88. The normalized spacial score (nSPS) is 23.5. The van der Waals surface area contributed by atoms with Crippen LogP contribution in [0, 0.1) is 0 Å². The van der Waals surface area contributed by atoms with Gasteiger partial charge in [0.1, 0.15) is 0 Å². The fraction of sp³-hybridized carbons (Fsp3) is 0.571. The van der Waals surface area contributed by atoms with Crippen LogP contribution in [-0.2, 0) is 13.0 Å². The molecule has 5 heteroatoms. The van der Waals surface area contributed by atoms with Gasteiger partial charge in [-0.25, -0.2) is 0 Å². The smallest absolute Gasteiger partial charge is 0.230 e. The van der Waals surface area contributed by atoms with Gasteiger partial charge in [0.15, 0.2) is 0 Å². The topological polar surface area (TPSA) is 42.2 Å². The first-order valence-corrected chi connectivity index (χ1v) is 7.82. The molecule has 3 heterocycles. The third-order valence-electron chi connectivity index (χ3n) is 4.15. The summed E-state index contributed by atoms with van der Waals surface area (Å²) in [6.45, 7) is 4.12. The maximum Gasteiger partial charge on any atom is 0.230 e. The molecular formula is C14H17N3OS. The minimum Gasteiger partial charge on any atom is -0.424 e. The van der Waals surface area contributed by atoms with E-state index >= 15 is 0 Å². The van der Waals surface area contributed by atoms with Crippen LogP contribution >= 0.6 is 11.3 Å². The summed E-state index contributed by atoms with van der Waals surface area (Å²) in [4.78, 5) is 3.96.